The van der Waals surface area contributed by atoms with Gasteiger partial charge >= 0.3 is 0 Å². The Kier molecular flexibility index (Phi) is 5.41. The average molecular weight is 344 g/mol. The lowest BCUT2D eigenvalue weighted by molar-refractivity contribution is -0.127. The lowest BCUT2D eigenvalue weighted by Gasteiger charge is -2.50. The summed E-state index contributed by atoms with van der Waals surface area (Å²) in [5.41, 5.74) is 0.839. The van der Waals surface area contributed by atoms with E-state index in [-0.39, 0.29) is 17.2 Å². The van der Waals surface area contributed by atoms with Crippen LogP contribution in [0.4, 0.5) is 0 Å². The van der Waals surface area contributed by atoms with Crippen LogP contribution in [0, 0.1) is 0 Å². The summed E-state index contributed by atoms with van der Waals surface area (Å²) in [6.07, 6.45) is 3.59. The minimum atomic E-state index is -0.198. The highest BCUT2D eigenvalue weighted by atomic mass is 35.5. The van der Waals surface area contributed by atoms with Crippen LogP contribution in [0.2, 0.25) is 10.0 Å². The number of benzene rings is 1. The zero-order valence-corrected chi connectivity index (χ0v) is 15.1. The first-order valence-corrected chi connectivity index (χ1v) is 8.35. The number of rotatable bonds is 6. The molecule has 1 unspecified atom stereocenters. The highest BCUT2D eigenvalue weighted by Gasteiger charge is 2.49. The zero-order valence-electron chi connectivity index (χ0n) is 13.6. The van der Waals surface area contributed by atoms with E-state index in [1.54, 1.807) is 7.11 Å². The van der Waals surface area contributed by atoms with Gasteiger partial charge in [0, 0.05) is 11.8 Å². The molecule has 1 atom stereocenters. The van der Waals surface area contributed by atoms with E-state index in [1.807, 2.05) is 38.1 Å². The number of likely N-dealkylation sites (N-methyl/N-ethyl adjacent to an activating group) is 1. The third-order valence-corrected chi connectivity index (χ3v) is 5.28. The number of methoxy groups -OCH3 is 1. The number of carbonyl (C=O) groups is 1. The molecular formula is C17H23Cl2NO2. The summed E-state index contributed by atoms with van der Waals surface area (Å²) in [7, 11) is 5.48. The van der Waals surface area contributed by atoms with Gasteiger partial charge in [0.2, 0.25) is 0 Å². The maximum absolute atomic E-state index is 12.5. The van der Waals surface area contributed by atoms with Gasteiger partial charge in [-0.3, -0.25) is 9.69 Å². The van der Waals surface area contributed by atoms with E-state index in [1.165, 1.54) is 0 Å². The normalized spacial score (nSPS) is 18.0. The van der Waals surface area contributed by atoms with Crippen molar-refractivity contribution < 1.29 is 9.53 Å². The third kappa shape index (κ3) is 2.86. The summed E-state index contributed by atoms with van der Waals surface area (Å²) in [6, 6.07) is 3.67. The molecule has 3 nitrogen and oxygen atoms in total. The molecule has 0 spiro atoms. The number of hydrogen-bond acceptors (Lipinski definition) is 3. The number of halogens is 2. The molecule has 5 heteroatoms. The zero-order chi connectivity index (χ0) is 16.5. The Labute approximate surface area is 142 Å². The van der Waals surface area contributed by atoms with Gasteiger partial charge in [-0.2, -0.15) is 0 Å². The molecule has 1 aliphatic carbocycles. The molecule has 2 rings (SSSR count). The molecule has 1 saturated carbocycles. The second kappa shape index (κ2) is 6.77. The molecule has 0 amide bonds. The topological polar surface area (TPSA) is 29.5 Å². The molecule has 122 valence electrons. The van der Waals surface area contributed by atoms with Crippen LogP contribution in [0.25, 0.3) is 0 Å². The Morgan fingerprint density at radius 1 is 1.32 bits per heavy atom. The lowest BCUT2D eigenvalue weighted by atomic mass is 9.58. The van der Waals surface area contributed by atoms with E-state index in [0.717, 1.165) is 24.8 Å². The van der Waals surface area contributed by atoms with Crippen molar-refractivity contribution in [2.24, 2.45) is 0 Å². The van der Waals surface area contributed by atoms with Crippen LogP contribution in [0.15, 0.2) is 12.1 Å². The minimum absolute atomic E-state index is 0.147. The van der Waals surface area contributed by atoms with Crippen LogP contribution in [-0.2, 0) is 10.2 Å². The molecule has 1 aliphatic rings. The fourth-order valence-corrected chi connectivity index (χ4v) is 4.25. The molecule has 0 bridgehead atoms. The number of hydrogen-bond donors (Lipinski definition) is 0. The van der Waals surface area contributed by atoms with Crippen LogP contribution in [0.5, 0.6) is 5.75 Å². The minimum Gasteiger partial charge on any atom is -0.494 e. The van der Waals surface area contributed by atoms with Crippen molar-refractivity contribution in [3.8, 4) is 5.75 Å². The van der Waals surface area contributed by atoms with Gasteiger partial charge in [-0.05, 0) is 44.6 Å². The van der Waals surface area contributed by atoms with E-state index < -0.39 is 0 Å². The SMILES string of the molecule is CCC(=O)C(N(C)C)C1(c2cc(Cl)c(OC)c(Cl)c2)CCC1. The largest absolute Gasteiger partial charge is 0.494 e. The van der Waals surface area contributed by atoms with Gasteiger partial charge in [0.25, 0.3) is 0 Å². The van der Waals surface area contributed by atoms with Gasteiger partial charge in [0.15, 0.2) is 11.5 Å². The monoisotopic (exact) mass is 343 g/mol. The first-order valence-electron chi connectivity index (χ1n) is 7.60. The Morgan fingerprint density at radius 2 is 1.86 bits per heavy atom. The van der Waals surface area contributed by atoms with E-state index >= 15 is 0 Å². The predicted octanol–water partition coefficient (Wildman–Crippen LogP) is 4.33. The second-order valence-electron chi connectivity index (χ2n) is 6.17. The summed E-state index contributed by atoms with van der Waals surface area (Å²) < 4.78 is 5.23. The molecule has 0 aliphatic heterocycles. The fourth-order valence-electron chi connectivity index (χ4n) is 3.60. The molecular weight excluding hydrogens is 321 g/mol. The van der Waals surface area contributed by atoms with Crippen molar-refractivity contribution in [3.63, 3.8) is 0 Å². The van der Waals surface area contributed by atoms with Crippen LogP contribution in [0.1, 0.15) is 38.2 Å². The summed E-state index contributed by atoms with van der Waals surface area (Å²) >= 11 is 12.6. The van der Waals surface area contributed by atoms with E-state index in [9.17, 15) is 4.79 Å². The summed E-state index contributed by atoms with van der Waals surface area (Å²) in [5.74, 6) is 0.748. The van der Waals surface area contributed by atoms with E-state index in [0.29, 0.717) is 22.2 Å². The molecule has 0 heterocycles. The van der Waals surface area contributed by atoms with Gasteiger partial charge in [-0.1, -0.05) is 36.5 Å². The highest BCUT2D eigenvalue weighted by Crippen LogP contribution is 2.50. The summed E-state index contributed by atoms with van der Waals surface area (Å²) in [5, 5.41) is 0.996. The number of ether oxygens (including phenoxy) is 1. The quantitative estimate of drug-likeness (QED) is 0.769. The molecule has 1 fully saturated rings. The molecule has 0 saturated heterocycles. The first-order chi connectivity index (χ1) is 10.4. The maximum Gasteiger partial charge on any atom is 0.156 e. The van der Waals surface area contributed by atoms with E-state index in [2.05, 4.69) is 0 Å². The molecule has 1 aromatic rings. The molecule has 0 N–H and O–H groups in total. The van der Waals surface area contributed by atoms with Crippen molar-refractivity contribution in [1.29, 1.82) is 0 Å². The third-order valence-electron chi connectivity index (χ3n) is 4.72. The molecule has 0 radical (unpaired) electrons. The fraction of sp³-hybridized carbons (Fsp3) is 0.588. The number of Topliss-reactive ketones (excluding diaryl/α,β-unsaturated/α-hetero) is 1. The predicted molar refractivity (Wildman–Crippen MR) is 91.3 cm³/mol. The van der Waals surface area contributed by atoms with Crippen LogP contribution < -0.4 is 4.74 Å². The van der Waals surface area contributed by atoms with Crippen molar-refractivity contribution in [2.75, 3.05) is 21.2 Å². The van der Waals surface area contributed by atoms with Crippen molar-refractivity contribution >= 4 is 29.0 Å². The van der Waals surface area contributed by atoms with Gasteiger partial charge < -0.3 is 4.74 Å². The Morgan fingerprint density at radius 3 is 2.18 bits per heavy atom. The number of ketones is 1. The van der Waals surface area contributed by atoms with Gasteiger partial charge in [0.05, 0.1) is 23.2 Å². The number of nitrogens with zero attached hydrogens (tertiary/aromatic N) is 1. The first kappa shape index (κ1) is 17.6. The summed E-state index contributed by atoms with van der Waals surface area (Å²) in [4.78, 5) is 14.6. The maximum atomic E-state index is 12.5. The van der Waals surface area contributed by atoms with Crippen molar-refractivity contribution in [3.05, 3.63) is 27.7 Å². The van der Waals surface area contributed by atoms with Crippen molar-refractivity contribution in [2.45, 2.75) is 44.1 Å². The average Bonchev–Trinajstić information content (AvgIpc) is 2.41. The summed E-state index contributed by atoms with van der Waals surface area (Å²) in [6.45, 7) is 1.92. The van der Waals surface area contributed by atoms with Crippen LogP contribution in [-0.4, -0.2) is 37.9 Å². The smallest absolute Gasteiger partial charge is 0.156 e. The Hall–Kier alpha value is -0.770. The second-order valence-corrected chi connectivity index (χ2v) is 6.98. The number of carbonyl (C=O) groups excluding carboxylic acids is 1. The molecule has 0 aromatic heterocycles. The molecule has 1 aromatic carbocycles. The van der Waals surface area contributed by atoms with Gasteiger partial charge in [-0.15, -0.1) is 0 Å². The van der Waals surface area contributed by atoms with E-state index in [4.69, 9.17) is 27.9 Å². The van der Waals surface area contributed by atoms with Crippen molar-refractivity contribution in [1.82, 2.24) is 4.90 Å². The molecule has 22 heavy (non-hydrogen) atoms. The lowest BCUT2D eigenvalue weighted by Crippen LogP contribution is -2.56. The van der Waals surface area contributed by atoms with Crippen LogP contribution >= 0.6 is 23.2 Å². The Bertz CT molecular complexity index is 545. The van der Waals surface area contributed by atoms with Gasteiger partial charge in [0.1, 0.15) is 0 Å². The Balaban J connectivity index is 2.53. The van der Waals surface area contributed by atoms with Crippen LogP contribution in [0.3, 0.4) is 0 Å². The standard InChI is InChI=1S/C17H23Cl2NO2/c1-5-14(21)16(20(2)3)17(7-6-8-17)11-9-12(18)15(22-4)13(19)10-11/h9-10,16H,5-8H2,1-4H3. The van der Waals surface area contributed by atoms with Gasteiger partial charge in [-0.25, -0.2) is 0 Å². The highest BCUT2D eigenvalue weighted by molar-refractivity contribution is 6.37.